The molecule has 1 heterocycles. The summed E-state index contributed by atoms with van der Waals surface area (Å²) in [4.78, 5) is 11.0. The first-order valence-corrected chi connectivity index (χ1v) is 6.04. The largest absolute Gasteiger partial charge is 0.478 e. The molecule has 1 fully saturated rings. The lowest BCUT2D eigenvalue weighted by molar-refractivity contribution is -0.0176. The summed E-state index contributed by atoms with van der Waals surface area (Å²) in [5.74, 6) is -1.88. The summed E-state index contributed by atoms with van der Waals surface area (Å²) in [5, 5.41) is 22.0. The van der Waals surface area contributed by atoms with Gasteiger partial charge in [0.05, 0.1) is 17.4 Å². The smallest absolute Gasteiger partial charge is 0.337 e. The Morgan fingerprint density at radius 1 is 1.63 bits per heavy atom. The molecule has 0 radical (unpaired) electrons. The summed E-state index contributed by atoms with van der Waals surface area (Å²) in [5.41, 5.74) is -1.38. The summed E-state index contributed by atoms with van der Waals surface area (Å²) >= 11 is 0. The predicted octanol–water partition coefficient (Wildman–Crippen LogP) is 1.48. The maximum absolute atomic E-state index is 13.7. The number of rotatable bonds is 4. The van der Waals surface area contributed by atoms with Crippen LogP contribution in [0.4, 0.5) is 10.1 Å². The number of aliphatic hydroxyl groups is 1. The number of halogens is 1. The summed E-state index contributed by atoms with van der Waals surface area (Å²) in [6.45, 7) is 2.20. The highest BCUT2D eigenvalue weighted by molar-refractivity contribution is 5.94. The Hall–Kier alpha value is -1.66. The van der Waals surface area contributed by atoms with E-state index in [1.54, 1.807) is 6.92 Å². The van der Waals surface area contributed by atoms with Gasteiger partial charge in [0.25, 0.3) is 0 Å². The third kappa shape index (κ3) is 2.69. The Labute approximate surface area is 110 Å². The fourth-order valence-electron chi connectivity index (χ4n) is 2.13. The minimum Gasteiger partial charge on any atom is -0.478 e. The second-order valence-electron chi connectivity index (χ2n) is 4.69. The molecule has 5 nitrogen and oxygen atoms in total. The van der Waals surface area contributed by atoms with Gasteiger partial charge in [0.15, 0.2) is 0 Å². The number of anilines is 1. The van der Waals surface area contributed by atoms with Gasteiger partial charge < -0.3 is 20.3 Å². The van der Waals surface area contributed by atoms with Crippen molar-refractivity contribution in [2.24, 2.45) is 0 Å². The molecule has 3 N–H and O–H groups in total. The molecule has 1 aliphatic heterocycles. The average molecular weight is 269 g/mol. The normalized spacial score (nSPS) is 26.4. The van der Waals surface area contributed by atoms with E-state index in [-0.39, 0.29) is 23.9 Å². The fourth-order valence-corrected chi connectivity index (χ4v) is 2.13. The van der Waals surface area contributed by atoms with E-state index in [1.165, 1.54) is 18.2 Å². The molecule has 2 rings (SSSR count). The Bertz CT molecular complexity index is 494. The van der Waals surface area contributed by atoms with Crippen LogP contribution >= 0.6 is 0 Å². The lowest BCUT2D eigenvalue weighted by atomic mass is 9.96. The van der Waals surface area contributed by atoms with Gasteiger partial charge in [-0.3, -0.25) is 0 Å². The number of hydrogen-bond acceptors (Lipinski definition) is 4. The molecule has 0 spiro atoms. The Balaban J connectivity index is 2.18. The van der Waals surface area contributed by atoms with Crippen molar-refractivity contribution < 1.29 is 24.1 Å². The van der Waals surface area contributed by atoms with Gasteiger partial charge >= 0.3 is 5.97 Å². The van der Waals surface area contributed by atoms with Crippen LogP contribution in [0.5, 0.6) is 0 Å². The molecule has 2 atom stereocenters. The topological polar surface area (TPSA) is 78.8 Å². The van der Waals surface area contributed by atoms with Gasteiger partial charge in [-0.2, -0.15) is 0 Å². The molecular formula is C13H16FNO4. The highest BCUT2D eigenvalue weighted by atomic mass is 19.1. The van der Waals surface area contributed by atoms with Gasteiger partial charge in [-0.15, -0.1) is 0 Å². The van der Waals surface area contributed by atoms with Gasteiger partial charge in [0.2, 0.25) is 0 Å². The van der Waals surface area contributed by atoms with Crippen molar-refractivity contribution in [3.8, 4) is 0 Å². The Morgan fingerprint density at radius 2 is 2.37 bits per heavy atom. The van der Waals surface area contributed by atoms with Crippen LogP contribution in [0.15, 0.2) is 18.2 Å². The van der Waals surface area contributed by atoms with E-state index < -0.39 is 17.4 Å². The molecule has 1 aromatic carbocycles. The van der Waals surface area contributed by atoms with Crippen LogP contribution in [0, 0.1) is 5.82 Å². The zero-order valence-electron chi connectivity index (χ0n) is 10.5. The lowest BCUT2D eigenvalue weighted by Crippen LogP contribution is -2.43. The minimum absolute atomic E-state index is 0.0371. The first kappa shape index (κ1) is 13.8. The molecule has 6 heteroatoms. The maximum atomic E-state index is 13.7. The molecule has 1 aliphatic rings. The standard InChI is InChI=1S/C13H16FNO4/c1-8-13(18,5-6-19-8)7-15-11-9(12(16)17)3-2-4-10(11)14/h2-4,8,15,18H,5-7H2,1H3,(H,16,17). The summed E-state index contributed by atoms with van der Waals surface area (Å²) in [6.07, 6.45) is 0.0536. The molecule has 1 aromatic rings. The second-order valence-corrected chi connectivity index (χ2v) is 4.69. The monoisotopic (exact) mass is 269 g/mol. The van der Waals surface area contributed by atoms with Gasteiger partial charge in [0.1, 0.15) is 11.4 Å². The lowest BCUT2D eigenvalue weighted by Gasteiger charge is -2.27. The predicted molar refractivity (Wildman–Crippen MR) is 66.8 cm³/mol. The molecule has 0 aromatic heterocycles. The second kappa shape index (κ2) is 5.14. The zero-order chi connectivity index (χ0) is 14.0. The van der Waals surface area contributed by atoms with Crippen molar-refractivity contribution in [3.05, 3.63) is 29.6 Å². The summed E-state index contributed by atoms with van der Waals surface area (Å²) < 4.78 is 18.9. The van der Waals surface area contributed by atoms with Crippen LogP contribution in [0.2, 0.25) is 0 Å². The van der Waals surface area contributed by atoms with E-state index in [0.717, 1.165) is 0 Å². The van der Waals surface area contributed by atoms with Crippen LogP contribution in [-0.4, -0.2) is 41.0 Å². The van der Waals surface area contributed by atoms with E-state index in [0.29, 0.717) is 13.0 Å². The minimum atomic E-state index is -1.22. The zero-order valence-corrected chi connectivity index (χ0v) is 10.5. The quantitative estimate of drug-likeness (QED) is 0.771. The first-order valence-electron chi connectivity index (χ1n) is 6.04. The van der Waals surface area contributed by atoms with E-state index in [1.807, 2.05) is 0 Å². The van der Waals surface area contributed by atoms with Crippen LogP contribution in [0.25, 0.3) is 0 Å². The van der Waals surface area contributed by atoms with Crippen molar-refractivity contribution in [1.82, 2.24) is 0 Å². The molecule has 0 aliphatic carbocycles. The van der Waals surface area contributed by atoms with E-state index >= 15 is 0 Å². The molecule has 0 bridgehead atoms. The van der Waals surface area contributed by atoms with Crippen molar-refractivity contribution in [3.63, 3.8) is 0 Å². The highest BCUT2D eigenvalue weighted by Gasteiger charge is 2.39. The van der Waals surface area contributed by atoms with Gasteiger partial charge in [-0.1, -0.05) is 6.07 Å². The highest BCUT2D eigenvalue weighted by Crippen LogP contribution is 2.27. The third-order valence-electron chi connectivity index (χ3n) is 3.47. The number of hydrogen-bond donors (Lipinski definition) is 3. The number of carbonyl (C=O) groups is 1. The molecule has 104 valence electrons. The van der Waals surface area contributed by atoms with E-state index in [9.17, 15) is 14.3 Å². The van der Waals surface area contributed by atoms with Gasteiger partial charge in [-0.25, -0.2) is 9.18 Å². The van der Waals surface area contributed by atoms with Crippen molar-refractivity contribution in [1.29, 1.82) is 0 Å². The number of aromatic carboxylic acids is 1. The van der Waals surface area contributed by atoms with Crippen molar-refractivity contribution >= 4 is 11.7 Å². The average Bonchev–Trinajstić information content (AvgIpc) is 2.68. The number of nitrogens with one attached hydrogen (secondary N) is 1. The van der Waals surface area contributed by atoms with Crippen LogP contribution in [0.3, 0.4) is 0 Å². The SMILES string of the molecule is CC1OCCC1(O)CNc1c(F)cccc1C(=O)O. The molecule has 0 amide bonds. The van der Waals surface area contributed by atoms with Crippen molar-refractivity contribution in [2.45, 2.75) is 25.0 Å². The number of benzene rings is 1. The summed E-state index contributed by atoms with van der Waals surface area (Å²) in [7, 11) is 0. The third-order valence-corrected chi connectivity index (χ3v) is 3.47. The molecule has 1 saturated heterocycles. The Morgan fingerprint density at radius 3 is 2.95 bits per heavy atom. The number of para-hydroxylation sites is 1. The van der Waals surface area contributed by atoms with Gasteiger partial charge in [-0.05, 0) is 19.1 Å². The number of ether oxygens (including phenoxy) is 1. The fraction of sp³-hybridized carbons (Fsp3) is 0.462. The maximum Gasteiger partial charge on any atom is 0.337 e. The van der Waals surface area contributed by atoms with Crippen LogP contribution < -0.4 is 5.32 Å². The van der Waals surface area contributed by atoms with Crippen molar-refractivity contribution in [2.75, 3.05) is 18.5 Å². The molecular weight excluding hydrogens is 253 g/mol. The van der Waals surface area contributed by atoms with Crippen LogP contribution in [-0.2, 0) is 4.74 Å². The first-order chi connectivity index (χ1) is 8.94. The molecule has 2 unspecified atom stereocenters. The molecule has 19 heavy (non-hydrogen) atoms. The Kier molecular flexibility index (Phi) is 3.73. The van der Waals surface area contributed by atoms with Crippen LogP contribution in [0.1, 0.15) is 23.7 Å². The van der Waals surface area contributed by atoms with Gasteiger partial charge in [0, 0.05) is 19.6 Å². The number of carboxylic acids is 1. The summed E-state index contributed by atoms with van der Waals surface area (Å²) in [6, 6.07) is 3.82. The van der Waals surface area contributed by atoms with E-state index in [2.05, 4.69) is 5.32 Å². The number of carboxylic acid groups (broad SMARTS) is 1. The van der Waals surface area contributed by atoms with E-state index in [4.69, 9.17) is 9.84 Å². The molecule has 0 saturated carbocycles.